The molecule has 1 aliphatic carbocycles. The molecule has 4 rings (SSSR count). The van der Waals surface area contributed by atoms with Gasteiger partial charge in [0, 0.05) is 18.3 Å². The maximum atomic E-state index is 12.4. The summed E-state index contributed by atoms with van der Waals surface area (Å²) in [6, 6.07) is 17.0. The van der Waals surface area contributed by atoms with Crippen LogP contribution >= 0.6 is 0 Å². The SMILES string of the molecule is Cc1ccncc1CC[C@@H](NC(=O)OCC1c2ccccc2-c2ccccc21)C(=O)O. The van der Waals surface area contributed by atoms with E-state index >= 15 is 0 Å². The first kappa shape index (κ1) is 20.6. The highest BCUT2D eigenvalue weighted by molar-refractivity contribution is 5.81. The van der Waals surface area contributed by atoms with Crippen molar-refractivity contribution in [1.82, 2.24) is 10.3 Å². The molecule has 31 heavy (non-hydrogen) atoms. The van der Waals surface area contributed by atoms with Crippen molar-refractivity contribution < 1.29 is 19.4 Å². The molecule has 0 spiro atoms. The maximum absolute atomic E-state index is 12.4. The highest BCUT2D eigenvalue weighted by Crippen LogP contribution is 2.44. The minimum atomic E-state index is -1.09. The molecule has 0 aliphatic heterocycles. The van der Waals surface area contributed by atoms with Crippen molar-refractivity contribution in [2.45, 2.75) is 31.7 Å². The van der Waals surface area contributed by atoms with Crippen molar-refractivity contribution in [1.29, 1.82) is 0 Å². The predicted molar refractivity (Wildman–Crippen MR) is 117 cm³/mol. The first-order valence-electron chi connectivity index (χ1n) is 10.3. The van der Waals surface area contributed by atoms with E-state index in [1.165, 1.54) is 0 Å². The quantitative estimate of drug-likeness (QED) is 0.599. The van der Waals surface area contributed by atoms with Crippen LogP contribution in [0.2, 0.25) is 0 Å². The third kappa shape index (κ3) is 4.43. The number of carboxylic acid groups (broad SMARTS) is 1. The van der Waals surface area contributed by atoms with Gasteiger partial charge in [0.15, 0.2) is 0 Å². The number of hydrogen-bond donors (Lipinski definition) is 2. The van der Waals surface area contributed by atoms with Crippen molar-refractivity contribution in [3.63, 3.8) is 0 Å². The molecule has 2 aromatic carbocycles. The average Bonchev–Trinajstić information content (AvgIpc) is 3.10. The Morgan fingerprint density at radius 2 is 1.71 bits per heavy atom. The second-order valence-electron chi connectivity index (χ2n) is 7.70. The minimum absolute atomic E-state index is 0.0699. The summed E-state index contributed by atoms with van der Waals surface area (Å²) in [5.41, 5.74) is 6.50. The Labute approximate surface area is 180 Å². The van der Waals surface area contributed by atoms with Gasteiger partial charge in [-0.3, -0.25) is 4.98 Å². The van der Waals surface area contributed by atoms with Crippen LogP contribution in [0.4, 0.5) is 4.79 Å². The van der Waals surface area contributed by atoms with Crippen LogP contribution in [0.1, 0.15) is 34.6 Å². The van der Waals surface area contributed by atoms with E-state index in [4.69, 9.17) is 4.74 Å². The van der Waals surface area contributed by atoms with Gasteiger partial charge < -0.3 is 15.2 Å². The summed E-state index contributed by atoms with van der Waals surface area (Å²) in [4.78, 5) is 28.1. The first-order chi connectivity index (χ1) is 15.0. The summed E-state index contributed by atoms with van der Waals surface area (Å²) in [5.74, 6) is -1.16. The fraction of sp³-hybridized carbons (Fsp3) is 0.240. The molecule has 0 bridgehead atoms. The van der Waals surface area contributed by atoms with Crippen molar-refractivity contribution >= 4 is 12.1 Å². The van der Waals surface area contributed by atoms with E-state index < -0.39 is 18.1 Å². The monoisotopic (exact) mass is 416 g/mol. The van der Waals surface area contributed by atoms with Crippen LogP contribution in [0.15, 0.2) is 67.0 Å². The van der Waals surface area contributed by atoms with Gasteiger partial charge in [0.25, 0.3) is 0 Å². The molecule has 1 heterocycles. The highest BCUT2D eigenvalue weighted by Gasteiger charge is 2.29. The van der Waals surface area contributed by atoms with E-state index in [-0.39, 0.29) is 18.9 Å². The zero-order chi connectivity index (χ0) is 21.8. The molecule has 1 aromatic heterocycles. The molecule has 3 aromatic rings. The van der Waals surface area contributed by atoms with Crippen molar-refractivity contribution in [3.8, 4) is 11.1 Å². The molecule has 1 amide bonds. The lowest BCUT2D eigenvalue weighted by atomic mass is 9.98. The number of aryl methyl sites for hydroxylation is 2. The van der Waals surface area contributed by atoms with Crippen LogP contribution in [-0.4, -0.2) is 34.8 Å². The minimum Gasteiger partial charge on any atom is -0.480 e. The number of benzene rings is 2. The van der Waals surface area contributed by atoms with Crippen molar-refractivity contribution in [3.05, 3.63) is 89.2 Å². The molecule has 158 valence electrons. The number of pyridine rings is 1. The average molecular weight is 416 g/mol. The van der Waals surface area contributed by atoms with Crippen LogP contribution < -0.4 is 5.32 Å². The number of aliphatic carboxylic acids is 1. The molecule has 0 saturated carbocycles. The number of nitrogens with one attached hydrogen (secondary N) is 1. The molecular formula is C25H24N2O4. The van der Waals surface area contributed by atoms with E-state index in [0.29, 0.717) is 6.42 Å². The summed E-state index contributed by atoms with van der Waals surface area (Å²) in [6.07, 6.45) is 3.45. The Morgan fingerprint density at radius 3 is 2.32 bits per heavy atom. The topological polar surface area (TPSA) is 88.5 Å². The lowest BCUT2D eigenvalue weighted by Gasteiger charge is -2.17. The lowest BCUT2D eigenvalue weighted by molar-refractivity contribution is -0.139. The van der Waals surface area contributed by atoms with Crippen LogP contribution in [-0.2, 0) is 16.0 Å². The summed E-state index contributed by atoms with van der Waals surface area (Å²) in [7, 11) is 0. The number of alkyl carbamates (subject to hydrolysis) is 1. The van der Waals surface area contributed by atoms with Gasteiger partial charge in [-0.1, -0.05) is 48.5 Å². The third-order valence-corrected chi connectivity index (χ3v) is 5.78. The number of rotatable bonds is 7. The second-order valence-corrected chi connectivity index (χ2v) is 7.70. The zero-order valence-corrected chi connectivity index (χ0v) is 17.2. The third-order valence-electron chi connectivity index (χ3n) is 5.78. The number of aromatic nitrogens is 1. The number of carbonyl (C=O) groups is 2. The molecule has 1 atom stereocenters. The van der Waals surface area contributed by atoms with Gasteiger partial charge in [0.05, 0.1) is 0 Å². The Bertz CT molecular complexity index is 1070. The standard InChI is InChI=1S/C25H24N2O4/c1-16-12-13-26-14-17(16)10-11-23(24(28)29)27-25(30)31-15-22-20-8-4-2-6-18(20)19-7-3-5-9-21(19)22/h2-9,12-14,22-23H,10-11,15H2,1H3,(H,27,30)(H,28,29)/t23-/m1/s1. The van der Waals surface area contributed by atoms with Gasteiger partial charge in [-0.2, -0.15) is 0 Å². The van der Waals surface area contributed by atoms with Gasteiger partial charge in [0.1, 0.15) is 12.6 Å². The van der Waals surface area contributed by atoms with Crippen LogP contribution in [0.3, 0.4) is 0 Å². The summed E-state index contributed by atoms with van der Waals surface area (Å²) in [5, 5.41) is 12.0. The van der Waals surface area contributed by atoms with Gasteiger partial charge in [-0.25, -0.2) is 9.59 Å². The van der Waals surface area contributed by atoms with E-state index in [1.807, 2.05) is 49.4 Å². The van der Waals surface area contributed by atoms with E-state index in [0.717, 1.165) is 33.4 Å². The Hall–Kier alpha value is -3.67. The molecule has 6 heteroatoms. The molecule has 1 aliphatic rings. The van der Waals surface area contributed by atoms with E-state index in [9.17, 15) is 14.7 Å². The Kier molecular flexibility index (Phi) is 5.98. The molecule has 0 radical (unpaired) electrons. The molecule has 6 nitrogen and oxygen atoms in total. The Balaban J connectivity index is 1.39. The number of carbonyl (C=O) groups excluding carboxylic acids is 1. The molecular weight excluding hydrogens is 392 g/mol. The predicted octanol–water partition coefficient (Wildman–Crippen LogP) is 4.31. The first-order valence-corrected chi connectivity index (χ1v) is 10.3. The number of nitrogens with zero attached hydrogens (tertiary/aromatic N) is 1. The number of carboxylic acids is 1. The summed E-state index contributed by atoms with van der Waals surface area (Å²) >= 11 is 0. The van der Waals surface area contributed by atoms with Gasteiger partial charge in [-0.05, 0) is 59.2 Å². The second kappa shape index (κ2) is 9.00. The van der Waals surface area contributed by atoms with E-state index in [1.54, 1.807) is 12.4 Å². The van der Waals surface area contributed by atoms with Crippen molar-refractivity contribution in [2.75, 3.05) is 6.61 Å². The summed E-state index contributed by atoms with van der Waals surface area (Å²) in [6.45, 7) is 2.10. The fourth-order valence-electron chi connectivity index (χ4n) is 4.10. The molecule has 0 unspecified atom stereocenters. The van der Waals surface area contributed by atoms with Crippen LogP contribution in [0.25, 0.3) is 11.1 Å². The molecule has 0 fully saturated rings. The fourth-order valence-corrected chi connectivity index (χ4v) is 4.10. The highest BCUT2D eigenvalue weighted by atomic mass is 16.5. The lowest BCUT2D eigenvalue weighted by Crippen LogP contribution is -2.41. The number of hydrogen-bond acceptors (Lipinski definition) is 4. The summed E-state index contributed by atoms with van der Waals surface area (Å²) < 4.78 is 5.47. The van der Waals surface area contributed by atoms with E-state index in [2.05, 4.69) is 22.4 Å². The number of ether oxygens (including phenoxy) is 1. The number of amides is 1. The van der Waals surface area contributed by atoms with Gasteiger partial charge >= 0.3 is 12.1 Å². The molecule has 2 N–H and O–H groups in total. The smallest absolute Gasteiger partial charge is 0.407 e. The Morgan fingerprint density at radius 1 is 1.06 bits per heavy atom. The van der Waals surface area contributed by atoms with Crippen molar-refractivity contribution in [2.24, 2.45) is 0 Å². The maximum Gasteiger partial charge on any atom is 0.407 e. The van der Waals surface area contributed by atoms with Crippen LogP contribution in [0, 0.1) is 6.92 Å². The van der Waals surface area contributed by atoms with Gasteiger partial charge in [-0.15, -0.1) is 0 Å². The van der Waals surface area contributed by atoms with Crippen LogP contribution in [0.5, 0.6) is 0 Å². The number of fused-ring (bicyclic) bond motifs is 3. The van der Waals surface area contributed by atoms with Gasteiger partial charge in [0.2, 0.25) is 0 Å². The zero-order valence-electron chi connectivity index (χ0n) is 17.2. The largest absolute Gasteiger partial charge is 0.480 e. The molecule has 0 saturated heterocycles. The normalized spacial score (nSPS) is 13.2.